The molecule has 8 heteroatoms. The van der Waals surface area contributed by atoms with Crippen molar-refractivity contribution in [2.45, 2.75) is 30.3 Å². The summed E-state index contributed by atoms with van der Waals surface area (Å²) in [5.41, 5.74) is 0.193. The number of benzene rings is 1. The van der Waals surface area contributed by atoms with Crippen molar-refractivity contribution in [1.82, 2.24) is 13.9 Å². The molecule has 0 spiro atoms. The molecule has 1 aromatic carbocycles. The Hall–Kier alpha value is -1.80. The molecule has 0 N–H and O–H groups in total. The van der Waals surface area contributed by atoms with Gasteiger partial charge in [-0.25, -0.2) is 22.2 Å². The summed E-state index contributed by atoms with van der Waals surface area (Å²) in [5, 5.41) is -0.0217. The molecule has 1 saturated heterocycles. The van der Waals surface area contributed by atoms with Crippen molar-refractivity contribution in [3.63, 3.8) is 0 Å². The Morgan fingerprint density at radius 1 is 1.35 bits per heavy atom. The summed E-state index contributed by atoms with van der Waals surface area (Å²) < 4.78 is 55.4. The van der Waals surface area contributed by atoms with Gasteiger partial charge in [0.2, 0.25) is 0 Å². The van der Waals surface area contributed by atoms with Gasteiger partial charge < -0.3 is 4.57 Å². The largest absolute Gasteiger partial charge is 0.339 e. The van der Waals surface area contributed by atoms with Crippen molar-refractivity contribution in [3.05, 3.63) is 47.9 Å². The van der Waals surface area contributed by atoms with Gasteiger partial charge in [0, 0.05) is 25.8 Å². The molecule has 1 aliphatic heterocycles. The van der Waals surface area contributed by atoms with Crippen LogP contribution < -0.4 is 0 Å². The van der Waals surface area contributed by atoms with Crippen molar-refractivity contribution in [3.8, 4) is 0 Å². The maximum atomic E-state index is 13.8. The average Bonchev–Trinajstić information content (AvgIpc) is 3.12. The molecule has 0 radical (unpaired) electrons. The third-order valence-electron chi connectivity index (χ3n) is 4.04. The zero-order chi connectivity index (χ0) is 16.6. The van der Waals surface area contributed by atoms with E-state index < -0.39 is 27.7 Å². The van der Waals surface area contributed by atoms with E-state index in [-0.39, 0.29) is 17.0 Å². The Balaban J connectivity index is 1.87. The van der Waals surface area contributed by atoms with Crippen molar-refractivity contribution in [1.29, 1.82) is 0 Å². The number of halogens is 2. The fourth-order valence-corrected chi connectivity index (χ4v) is 4.59. The van der Waals surface area contributed by atoms with Crippen molar-refractivity contribution >= 4 is 10.0 Å². The quantitative estimate of drug-likeness (QED) is 0.856. The van der Waals surface area contributed by atoms with Crippen molar-refractivity contribution in [2.24, 2.45) is 7.05 Å². The van der Waals surface area contributed by atoms with Crippen molar-refractivity contribution < 1.29 is 17.2 Å². The lowest BCUT2D eigenvalue weighted by Gasteiger charge is -2.23. The first kappa shape index (κ1) is 16.1. The summed E-state index contributed by atoms with van der Waals surface area (Å²) in [6, 6.07) is 2.85. The molecule has 0 saturated carbocycles. The van der Waals surface area contributed by atoms with Crippen LogP contribution in [0.25, 0.3) is 0 Å². The minimum atomic E-state index is -3.72. The summed E-state index contributed by atoms with van der Waals surface area (Å²) in [5.74, 6) is -1.05. The molecule has 1 aliphatic rings. The normalized spacial score (nSPS) is 19.3. The van der Waals surface area contributed by atoms with Gasteiger partial charge in [-0.15, -0.1) is 0 Å². The topological polar surface area (TPSA) is 55.2 Å². The van der Waals surface area contributed by atoms with Crippen LogP contribution in [-0.2, 0) is 23.5 Å². The van der Waals surface area contributed by atoms with Gasteiger partial charge in [0.25, 0.3) is 10.0 Å². The fraction of sp³-hybridized carbons (Fsp3) is 0.400. The summed E-state index contributed by atoms with van der Waals surface area (Å²) in [4.78, 5) is 3.90. The monoisotopic (exact) mass is 341 g/mol. The van der Waals surface area contributed by atoms with E-state index in [2.05, 4.69) is 4.98 Å². The number of aryl methyl sites for hydroxylation is 1. The van der Waals surface area contributed by atoms with Crippen LogP contribution in [0.15, 0.2) is 35.7 Å². The van der Waals surface area contributed by atoms with Gasteiger partial charge in [-0.1, -0.05) is 0 Å². The predicted octanol–water partition coefficient (Wildman–Crippen LogP) is 2.09. The number of hydrogen-bond acceptors (Lipinski definition) is 3. The second-order valence-electron chi connectivity index (χ2n) is 5.73. The summed E-state index contributed by atoms with van der Waals surface area (Å²) in [6.45, 7) is 0.362. The van der Waals surface area contributed by atoms with Crippen LogP contribution in [0.5, 0.6) is 0 Å². The average molecular weight is 341 g/mol. The second-order valence-corrected chi connectivity index (χ2v) is 7.57. The van der Waals surface area contributed by atoms with E-state index in [0.717, 1.165) is 18.2 Å². The molecule has 0 amide bonds. The first-order chi connectivity index (χ1) is 10.9. The zero-order valence-corrected chi connectivity index (χ0v) is 13.4. The number of rotatable bonds is 4. The van der Waals surface area contributed by atoms with Gasteiger partial charge in [0.1, 0.15) is 11.6 Å². The van der Waals surface area contributed by atoms with Gasteiger partial charge in [-0.05, 0) is 43.0 Å². The van der Waals surface area contributed by atoms with Crippen LogP contribution in [0, 0.1) is 11.6 Å². The number of hydrogen-bond donors (Lipinski definition) is 0. The maximum absolute atomic E-state index is 13.8. The molecule has 1 aromatic heterocycles. The standard InChI is InChI=1S/C15H17F2N3O2S/c1-19-9-15(18-10-19)23(21,22)20-6-2-3-13(20)8-11-7-12(16)4-5-14(11)17/h4-5,7,9-10,13H,2-3,6,8H2,1H3. The van der Waals surface area contributed by atoms with Gasteiger partial charge in [-0.3, -0.25) is 0 Å². The Morgan fingerprint density at radius 2 is 2.13 bits per heavy atom. The van der Waals surface area contributed by atoms with Crippen LogP contribution in [0.3, 0.4) is 0 Å². The van der Waals surface area contributed by atoms with E-state index in [1.807, 2.05) is 0 Å². The third-order valence-corrected chi connectivity index (χ3v) is 5.88. The smallest absolute Gasteiger partial charge is 0.262 e. The highest BCUT2D eigenvalue weighted by atomic mass is 32.2. The highest BCUT2D eigenvalue weighted by Crippen LogP contribution is 2.28. The highest BCUT2D eigenvalue weighted by Gasteiger charge is 2.36. The summed E-state index contributed by atoms with van der Waals surface area (Å²) in [7, 11) is -2.03. The lowest BCUT2D eigenvalue weighted by molar-refractivity contribution is 0.380. The lowest BCUT2D eigenvalue weighted by atomic mass is 10.0. The Kier molecular flexibility index (Phi) is 4.20. The van der Waals surface area contributed by atoms with Gasteiger partial charge in [0.15, 0.2) is 5.03 Å². The Labute approximate surface area is 133 Å². The Morgan fingerprint density at radius 3 is 2.83 bits per heavy atom. The molecule has 0 aliphatic carbocycles. The third kappa shape index (κ3) is 3.13. The van der Waals surface area contributed by atoms with Gasteiger partial charge in [-0.2, -0.15) is 4.31 Å². The maximum Gasteiger partial charge on any atom is 0.262 e. The minimum absolute atomic E-state index is 0.0217. The van der Waals surface area contributed by atoms with E-state index in [1.54, 1.807) is 11.6 Å². The number of nitrogens with zero attached hydrogens (tertiary/aromatic N) is 3. The molecule has 1 fully saturated rings. The zero-order valence-electron chi connectivity index (χ0n) is 12.6. The molecule has 0 bridgehead atoms. The number of sulfonamides is 1. The second kappa shape index (κ2) is 6.01. The SMILES string of the molecule is Cn1cnc(S(=O)(=O)N2CCCC2Cc2cc(F)ccc2F)c1. The summed E-state index contributed by atoms with van der Waals surface area (Å²) in [6.07, 6.45) is 4.31. The van der Waals surface area contributed by atoms with Crippen LogP contribution in [0.1, 0.15) is 18.4 Å². The molecule has 2 heterocycles. The molecule has 1 unspecified atom stereocenters. The molecule has 3 rings (SSSR count). The van der Waals surface area contributed by atoms with E-state index in [1.165, 1.54) is 16.8 Å². The fourth-order valence-electron chi connectivity index (χ4n) is 2.93. The van der Waals surface area contributed by atoms with E-state index in [9.17, 15) is 17.2 Å². The first-order valence-electron chi connectivity index (χ1n) is 7.31. The van der Waals surface area contributed by atoms with Crippen molar-refractivity contribution in [2.75, 3.05) is 6.54 Å². The van der Waals surface area contributed by atoms with Gasteiger partial charge in [0.05, 0.1) is 6.33 Å². The molecule has 23 heavy (non-hydrogen) atoms. The minimum Gasteiger partial charge on any atom is -0.339 e. The highest BCUT2D eigenvalue weighted by molar-refractivity contribution is 7.89. The molecule has 5 nitrogen and oxygen atoms in total. The predicted molar refractivity (Wildman–Crippen MR) is 80.2 cm³/mol. The number of aromatic nitrogens is 2. The number of imidazole rings is 1. The molecular weight excluding hydrogens is 324 g/mol. The van der Waals surface area contributed by atoms with Gasteiger partial charge >= 0.3 is 0 Å². The van der Waals surface area contributed by atoms with Crippen LogP contribution in [-0.4, -0.2) is 34.9 Å². The van der Waals surface area contributed by atoms with Crippen LogP contribution >= 0.6 is 0 Å². The van der Waals surface area contributed by atoms with Crippen LogP contribution in [0.2, 0.25) is 0 Å². The van der Waals surface area contributed by atoms with E-state index in [0.29, 0.717) is 19.4 Å². The summed E-state index contributed by atoms with van der Waals surface area (Å²) >= 11 is 0. The van der Waals surface area contributed by atoms with Crippen LogP contribution in [0.4, 0.5) is 8.78 Å². The Bertz CT molecular complexity index is 820. The first-order valence-corrected chi connectivity index (χ1v) is 8.75. The molecule has 1 atom stereocenters. The lowest BCUT2D eigenvalue weighted by Crippen LogP contribution is -2.37. The molecule has 124 valence electrons. The van der Waals surface area contributed by atoms with E-state index in [4.69, 9.17) is 0 Å². The molecular formula is C15H17F2N3O2S. The molecule has 2 aromatic rings. The van der Waals surface area contributed by atoms with E-state index >= 15 is 0 Å².